The van der Waals surface area contributed by atoms with Gasteiger partial charge in [0, 0.05) is 4.47 Å². The highest BCUT2D eigenvalue weighted by Gasteiger charge is 2.18. The Morgan fingerprint density at radius 1 is 1.44 bits per heavy atom. The van der Waals surface area contributed by atoms with Gasteiger partial charge >= 0.3 is 0 Å². The van der Waals surface area contributed by atoms with E-state index in [1.54, 1.807) is 23.6 Å². The standard InChI is InChI=1S/C9H8BrNO3S2/c10-8-3-5-15-9(8)16(12,13)11-6-7-2-1-4-14-7/h1-5,11H,6H2. The fourth-order valence-corrected chi connectivity index (χ4v) is 4.49. The first-order chi connectivity index (χ1) is 7.59. The molecule has 0 bridgehead atoms. The van der Waals surface area contributed by atoms with E-state index in [1.807, 2.05) is 0 Å². The molecule has 2 rings (SSSR count). The molecule has 7 heteroatoms. The predicted octanol–water partition coefficient (Wildman–Crippen LogP) is 2.58. The number of halogens is 1. The minimum Gasteiger partial charge on any atom is -0.468 e. The normalized spacial score (nSPS) is 11.8. The van der Waals surface area contributed by atoms with Gasteiger partial charge in [-0.25, -0.2) is 13.1 Å². The molecule has 1 N–H and O–H groups in total. The van der Waals surface area contributed by atoms with Crippen LogP contribution in [-0.2, 0) is 16.6 Å². The fraction of sp³-hybridized carbons (Fsp3) is 0.111. The summed E-state index contributed by atoms with van der Waals surface area (Å²) in [5.74, 6) is 0.580. The van der Waals surface area contributed by atoms with Gasteiger partial charge in [-0.05, 0) is 39.5 Å². The summed E-state index contributed by atoms with van der Waals surface area (Å²) < 4.78 is 32.0. The summed E-state index contributed by atoms with van der Waals surface area (Å²) in [7, 11) is -3.46. The number of hydrogen-bond donors (Lipinski definition) is 1. The van der Waals surface area contributed by atoms with Crippen molar-refractivity contribution in [2.24, 2.45) is 0 Å². The van der Waals surface area contributed by atoms with Crippen LogP contribution in [0.1, 0.15) is 5.76 Å². The predicted molar refractivity (Wildman–Crippen MR) is 64.8 cm³/mol. The molecule has 86 valence electrons. The van der Waals surface area contributed by atoms with Crippen LogP contribution in [0.5, 0.6) is 0 Å². The molecule has 0 amide bonds. The van der Waals surface area contributed by atoms with Gasteiger partial charge in [0.25, 0.3) is 10.0 Å². The smallest absolute Gasteiger partial charge is 0.251 e. The minimum atomic E-state index is -3.46. The molecule has 2 heterocycles. The Morgan fingerprint density at radius 2 is 2.25 bits per heavy atom. The number of furan rings is 1. The van der Waals surface area contributed by atoms with Crippen molar-refractivity contribution in [3.05, 3.63) is 40.1 Å². The molecule has 4 nitrogen and oxygen atoms in total. The van der Waals surface area contributed by atoms with E-state index < -0.39 is 10.0 Å². The third kappa shape index (κ3) is 2.54. The Balaban J connectivity index is 2.13. The van der Waals surface area contributed by atoms with Crippen LogP contribution in [0.25, 0.3) is 0 Å². The van der Waals surface area contributed by atoms with Crippen molar-refractivity contribution in [3.8, 4) is 0 Å². The minimum absolute atomic E-state index is 0.152. The number of nitrogens with one attached hydrogen (secondary N) is 1. The number of thiophene rings is 1. The van der Waals surface area contributed by atoms with Gasteiger partial charge in [0.15, 0.2) is 0 Å². The molecule has 0 radical (unpaired) electrons. The molecule has 0 fully saturated rings. The largest absolute Gasteiger partial charge is 0.468 e. The van der Waals surface area contributed by atoms with Crippen molar-refractivity contribution in [2.45, 2.75) is 10.8 Å². The first-order valence-electron chi connectivity index (χ1n) is 4.34. The van der Waals surface area contributed by atoms with Gasteiger partial charge in [-0.15, -0.1) is 11.3 Å². The second kappa shape index (κ2) is 4.70. The third-order valence-corrected chi connectivity index (χ3v) is 5.92. The molecule has 0 saturated carbocycles. The summed E-state index contributed by atoms with van der Waals surface area (Å²) in [5.41, 5.74) is 0. The number of sulfonamides is 1. The van der Waals surface area contributed by atoms with Crippen molar-refractivity contribution < 1.29 is 12.8 Å². The lowest BCUT2D eigenvalue weighted by molar-refractivity contribution is 0.499. The lowest BCUT2D eigenvalue weighted by Gasteiger charge is -2.03. The van der Waals surface area contributed by atoms with Crippen molar-refractivity contribution in [3.63, 3.8) is 0 Å². The van der Waals surface area contributed by atoms with E-state index in [1.165, 1.54) is 17.6 Å². The second-order valence-electron chi connectivity index (χ2n) is 2.96. The average Bonchev–Trinajstić information content (AvgIpc) is 2.85. The highest BCUT2D eigenvalue weighted by Crippen LogP contribution is 2.27. The van der Waals surface area contributed by atoms with E-state index in [0.29, 0.717) is 10.2 Å². The lowest BCUT2D eigenvalue weighted by Crippen LogP contribution is -2.22. The summed E-state index contributed by atoms with van der Waals surface area (Å²) in [6, 6.07) is 5.13. The Morgan fingerprint density at radius 3 is 2.81 bits per heavy atom. The zero-order valence-corrected chi connectivity index (χ0v) is 11.2. The number of rotatable bonds is 4. The molecule has 2 aromatic heterocycles. The maximum absolute atomic E-state index is 11.8. The Kier molecular flexibility index (Phi) is 3.48. The molecule has 0 aliphatic heterocycles. The van der Waals surface area contributed by atoms with Crippen LogP contribution in [0.15, 0.2) is 42.9 Å². The highest BCUT2D eigenvalue weighted by atomic mass is 79.9. The molecule has 16 heavy (non-hydrogen) atoms. The van der Waals surface area contributed by atoms with Gasteiger partial charge in [-0.1, -0.05) is 0 Å². The maximum atomic E-state index is 11.8. The summed E-state index contributed by atoms with van der Waals surface area (Å²) in [6.07, 6.45) is 1.50. The van der Waals surface area contributed by atoms with Crippen LogP contribution in [0, 0.1) is 0 Å². The highest BCUT2D eigenvalue weighted by molar-refractivity contribution is 9.10. The van der Waals surface area contributed by atoms with E-state index in [-0.39, 0.29) is 10.8 Å². The molecule has 0 aliphatic carbocycles. The van der Waals surface area contributed by atoms with E-state index >= 15 is 0 Å². The molecule has 0 atom stereocenters. The van der Waals surface area contributed by atoms with E-state index in [4.69, 9.17) is 4.42 Å². The first kappa shape index (κ1) is 11.8. The Bertz CT molecular complexity index is 559. The lowest BCUT2D eigenvalue weighted by atomic mass is 10.5. The molecule has 0 aromatic carbocycles. The van der Waals surface area contributed by atoms with Crippen molar-refractivity contribution in [1.82, 2.24) is 4.72 Å². The quantitative estimate of drug-likeness (QED) is 0.941. The Hall–Kier alpha value is -0.630. The van der Waals surface area contributed by atoms with Crippen LogP contribution in [0.2, 0.25) is 0 Å². The zero-order chi connectivity index (χ0) is 11.6. The van der Waals surface area contributed by atoms with E-state index in [2.05, 4.69) is 20.7 Å². The third-order valence-electron chi connectivity index (χ3n) is 1.85. The second-order valence-corrected chi connectivity index (χ2v) is 6.69. The molecular formula is C9H8BrNO3S2. The van der Waals surface area contributed by atoms with Crippen molar-refractivity contribution in [1.29, 1.82) is 0 Å². The van der Waals surface area contributed by atoms with Gasteiger partial charge in [-0.2, -0.15) is 0 Å². The first-order valence-corrected chi connectivity index (χ1v) is 7.50. The Labute approximate surface area is 105 Å². The average molecular weight is 322 g/mol. The SMILES string of the molecule is O=S(=O)(NCc1ccco1)c1sccc1Br. The van der Waals surface area contributed by atoms with Gasteiger partial charge in [0.2, 0.25) is 0 Å². The summed E-state index contributed by atoms with van der Waals surface area (Å²) in [6.45, 7) is 0.152. The monoisotopic (exact) mass is 321 g/mol. The van der Waals surface area contributed by atoms with E-state index in [9.17, 15) is 8.42 Å². The van der Waals surface area contributed by atoms with Gasteiger partial charge in [0.05, 0.1) is 12.8 Å². The number of hydrogen-bond acceptors (Lipinski definition) is 4. The molecule has 0 spiro atoms. The van der Waals surface area contributed by atoms with Crippen molar-refractivity contribution >= 4 is 37.3 Å². The molecule has 0 saturated heterocycles. The summed E-state index contributed by atoms with van der Waals surface area (Å²) in [5, 5.41) is 1.71. The van der Waals surface area contributed by atoms with Crippen LogP contribution in [-0.4, -0.2) is 8.42 Å². The van der Waals surface area contributed by atoms with Gasteiger partial charge in [-0.3, -0.25) is 0 Å². The topological polar surface area (TPSA) is 59.3 Å². The summed E-state index contributed by atoms with van der Waals surface area (Å²) in [4.78, 5) is 0. The molecular weight excluding hydrogens is 314 g/mol. The van der Waals surface area contributed by atoms with Crippen LogP contribution >= 0.6 is 27.3 Å². The maximum Gasteiger partial charge on any atom is 0.251 e. The van der Waals surface area contributed by atoms with Crippen molar-refractivity contribution in [2.75, 3.05) is 0 Å². The van der Waals surface area contributed by atoms with Crippen LogP contribution in [0.3, 0.4) is 0 Å². The fourth-order valence-electron chi connectivity index (χ4n) is 1.12. The molecule has 0 unspecified atom stereocenters. The zero-order valence-electron chi connectivity index (χ0n) is 8.01. The van der Waals surface area contributed by atoms with E-state index in [0.717, 1.165) is 0 Å². The van der Waals surface area contributed by atoms with Gasteiger partial charge in [0.1, 0.15) is 9.97 Å². The summed E-state index contributed by atoms with van der Waals surface area (Å²) >= 11 is 4.35. The molecule has 0 aliphatic rings. The van der Waals surface area contributed by atoms with Crippen LogP contribution < -0.4 is 4.72 Å². The van der Waals surface area contributed by atoms with Gasteiger partial charge < -0.3 is 4.42 Å². The molecule has 2 aromatic rings. The van der Waals surface area contributed by atoms with Crippen LogP contribution in [0.4, 0.5) is 0 Å².